The molecule has 0 unspecified atom stereocenters. The van der Waals surface area contributed by atoms with Gasteiger partial charge in [0.2, 0.25) is 0 Å². The summed E-state index contributed by atoms with van der Waals surface area (Å²) in [4.78, 5) is 16.8. The Hall–Kier alpha value is -2.61. The maximum atomic E-state index is 13.6. The number of aromatic nitrogens is 1. The first-order valence-corrected chi connectivity index (χ1v) is 11.1. The summed E-state index contributed by atoms with van der Waals surface area (Å²) in [5.74, 6) is -1.07. The Balaban J connectivity index is 1.79. The molecule has 0 radical (unpaired) electrons. The van der Waals surface area contributed by atoms with Crippen LogP contribution >= 0.6 is 11.3 Å². The lowest BCUT2D eigenvalue weighted by Crippen LogP contribution is -2.19. The van der Waals surface area contributed by atoms with Gasteiger partial charge in [-0.05, 0) is 43.5 Å². The van der Waals surface area contributed by atoms with Crippen molar-refractivity contribution in [2.45, 2.75) is 50.7 Å². The molecule has 1 aliphatic carbocycles. The van der Waals surface area contributed by atoms with Crippen molar-refractivity contribution in [3.05, 3.63) is 58.4 Å². The van der Waals surface area contributed by atoms with Crippen LogP contribution in [0.2, 0.25) is 0 Å². The summed E-state index contributed by atoms with van der Waals surface area (Å²) >= 11 is 1.63. The fourth-order valence-corrected chi connectivity index (χ4v) is 4.82. The second kappa shape index (κ2) is 8.86. The molecule has 3 N–H and O–H groups in total. The van der Waals surface area contributed by atoms with E-state index in [1.165, 1.54) is 12.1 Å². The fraction of sp³-hybridized carbons (Fsp3) is 0.333. The highest BCUT2D eigenvalue weighted by Crippen LogP contribution is 2.46. The largest absolute Gasteiger partial charge is 0.481 e. The van der Waals surface area contributed by atoms with Crippen molar-refractivity contribution < 1.29 is 24.5 Å². The maximum absolute atomic E-state index is 13.6. The Labute approximate surface area is 183 Å². The van der Waals surface area contributed by atoms with Crippen molar-refractivity contribution in [1.82, 2.24) is 4.98 Å². The van der Waals surface area contributed by atoms with Crippen LogP contribution in [0.3, 0.4) is 0 Å². The zero-order valence-corrected chi connectivity index (χ0v) is 17.9. The van der Waals surface area contributed by atoms with Gasteiger partial charge in [0.25, 0.3) is 0 Å². The number of aliphatic hydroxyl groups is 2. The normalized spacial score (nSPS) is 16.1. The van der Waals surface area contributed by atoms with Crippen LogP contribution in [0.4, 0.5) is 4.39 Å². The maximum Gasteiger partial charge on any atom is 0.305 e. The van der Waals surface area contributed by atoms with Gasteiger partial charge in [-0.25, -0.2) is 4.39 Å². The number of nitrogens with zero attached hydrogens (tertiary/aromatic N) is 1. The van der Waals surface area contributed by atoms with E-state index < -0.39 is 24.6 Å². The van der Waals surface area contributed by atoms with Gasteiger partial charge in [-0.1, -0.05) is 24.3 Å². The summed E-state index contributed by atoms with van der Waals surface area (Å²) in [6, 6.07) is 8.43. The van der Waals surface area contributed by atoms with E-state index in [9.17, 15) is 19.4 Å². The molecule has 1 fully saturated rings. The van der Waals surface area contributed by atoms with Crippen molar-refractivity contribution in [1.29, 1.82) is 0 Å². The van der Waals surface area contributed by atoms with E-state index in [4.69, 9.17) is 10.1 Å². The van der Waals surface area contributed by atoms with E-state index in [-0.39, 0.29) is 12.2 Å². The Morgan fingerprint density at radius 3 is 2.65 bits per heavy atom. The van der Waals surface area contributed by atoms with Gasteiger partial charge in [-0.15, -0.1) is 11.3 Å². The van der Waals surface area contributed by atoms with E-state index in [2.05, 4.69) is 6.07 Å². The minimum Gasteiger partial charge on any atom is -0.481 e. The molecular weight excluding hydrogens is 417 g/mol. The Bertz CT molecular complexity index is 1130. The number of hydrogen-bond donors (Lipinski definition) is 3. The third-order valence-corrected chi connectivity index (χ3v) is 6.41. The third-order valence-electron chi connectivity index (χ3n) is 5.35. The number of pyridine rings is 1. The average molecular weight is 442 g/mol. The number of hydrogen-bond acceptors (Lipinski definition) is 5. The second-order valence-electron chi connectivity index (χ2n) is 8.05. The molecule has 4 rings (SSSR count). The number of carbonyl (C=O) groups is 1. The molecule has 2 aromatic heterocycles. The van der Waals surface area contributed by atoms with Crippen molar-refractivity contribution in [2.24, 2.45) is 0 Å². The average Bonchev–Trinajstić information content (AvgIpc) is 3.46. The monoisotopic (exact) mass is 441 g/mol. The standard InChI is InChI=1S/C24H24FNO4S/c1-13-10-20-24(31-13)22(14-4-6-16(25)7-5-14)19(23(26-20)15-2-3-15)9-8-17(27)11-18(28)12-21(29)30/h4-10,15,17-18,27-28H,2-3,11-12H2,1H3,(H,29,30)/b9-8+/t17-,18-/m1/s1. The van der Waals surface area contributed by atoms with Gasteiger partial charge in [0.1, 0.15) is 5.82 Å². The SMILES string of the molecule is Cc1cc2nc(C3CC3)c(/C=C/[C@@H](O)C[C@@H](O)CC(=O)O)c(-c3ccc(F)cc3)c2s1. The summed E-state index contributed by atoms with van der Waals surface area (Å²) in [6.07, 6.45) is 2.87. The molecule has 162 valence electrons. The molecular formula is C24H24FNO4S. The van der Waals surface area contributed by atoms with E-state index >= 15 is 0 Å². The number of carboxylic acid groups (broad SMARTS) is 1. The lowest BCUT2D eigenvalue weighted by atomic mass is 9.95. The summed E-state index contributed by atoms with van der Waals surface area (Å²) in [5.41, 5.74) is 4.59. The highest BCUT2D eigenvalue weighted by atomic mass is 32.1. The molecule has 7 heteroatoms. The summed E-state index contributed by atoms with van der Waals surface area (Å²) in [7, 11) is 0. The van der Waals surface area contributed by atoms with E-state index in [0.717, 1.165) is 50.3 Å². The fourth-order valence-electron chi connectivity index (χ4n) is 3.79. The number of carboxylic acids is 1. The smallest absolute Gasteiger partial charge is 0.305 e. The van der Waals surface area contributed by atoms with Crippen molar-refractivity contribution in [3.8, 4) is 11.1 Å². The predicted molar refractivity (Wildman–Crippen MR) is 120 cm³/mol. The molecule has 1 aliphatic rings. The van der Waals surface area contributed by atoms with Crippen LogP contribution in [0.15, 0.2) is 36.4 Å². The van der Waals surface area contributed by atoms with E-state index in [1.54, 1.807) is 29.5 Å². The highest BCUT2D eigenvalue weighted by Gasteiger charge is 2.30. The lowest BCUT2D eigenvalue weighted by molar-refractivity contribution is -0.139. The first-order chi connectivity index (χ1) is 14.8. The molecule has 5 nitrogen and oxygen atoms in total. The molecule has 0 saturated heterocycles. The van der Waals surface area contributed by atoms with E-state index in [0.29, 0.717) is 5.92 Å². The van der Waals surface area contributed by atoms with Crippen LogP contribution in [-0.4, -0.2) is 38.5 Å². The topological polar surface area (TPSA) is 90.7 Å². The first kappa shape index (κ1) is 21.6. The number of thiophene rings is 1. The van der Waals surface area contributed by atoms with Crippen LogP contribution < -0.4 is 0 Å². The van der Waals surface area contributed by atoms with Gasteiger partial charge in [-0.2, -0.15) is 0 Å². The number of aliphatic hydroxyl groups excluding tert-OH is 2. The summed E-state index contributed by atoms with van der Waals surface area (Å²) in [5, 5.41) is 29.0. The van der Waals surface area contributed by atoms with Crippen LogP contribution in [0.25, 0.3) is 27.4 Å². The summed E-state index contributed by atoms with van der Waals surface area (Å²) in [6.45, 7) is 2.03. The van der Waals surface area contributed by atoms with Crippen LogP contribution in [0.5, 0.6) is 0 Å². The molecule has 0 spiro atoms. The predicted octanol–water partition coefficient (Wildman–Crippen LogP) is 4.89. The van der Waals surface area contributed by atoms with Crippen molar-refractivity contribution in [2.75, 3.05) is 0 Å². The van der Waals surface area contributed by atoms with E-state index in [1.807, 2.05) is 13.0 Å². The molecule has 2 heterocycles. The highest BCUT2D eigenvalue weighted by molar-refractivity contribution is 7.19. The van der Waals surface area contributed by atoms with Crippen LogP contribution in [-0.2, 0) is 4.79 Å². The molecule has 0 bridgehead atoms. The second-order valence-corrected chi connectivity index (χ2v) is 9.31. The van der Waals surface area contributed by atoms with Crippen LogP contribution in [0, 0.1) is 12.7 Å². The molecule has 2 atom stereocenters. The van der Waals surface area contributed by atoms with Crippen molar-refractivity contribution >= 4 is 33.6 Å². The van der Waals surface area contributed by atoms with Crippen molar-refractivity contribution in [3.63, 3.8) is 0 Å². The zero-order chi connectivity index (χ0) is 22.1. The molecule has 0 aliphatic heterocycles. The summed E-state index contributed by atoms with van der Waals surface area (Å²) < 4.78 is 14.6. The molecule has 3 aromatic rings. The Morgan fingerprint density at radius 1 is 1.29 bits per heavy atom. The molecule has 1 aromatic carbocycles. The Morgan fingerprint density at radius 2 is 2.00 bits per heavy atom. The first-order valence-electron chi connectivity index (χ1n) is 10.3. The lowest BCUT2D eigenvalue weighted by Gasteiger charge is -2.15. The Kier molecular flexibility index (Phi) is 6.18. The zero-order valence-electron chi connectivity index (χ0n) is 17.1. The van der Waals surface area contributed by atoms with Crippen LogP contribution in [0.1, 0.15) is 47.7 Å². The minimum absolute atomic E-state index is 0.0682. The van der Waals surface area contributed by atoms with Gasteiger partial charge in [-0.3, -0.25) is 9.78 Å². The molecule has 1 saturated carbocycles. The van der Waals surface area contributed by atoms with Gasteiger partial charge < -0.3 is 15.3 Å². The number of aryl methyl sites for hydroxylation is 1. The van der Waals surface area contributed by atoms with Gasteiger partial charge in [0.15, 0.2) is 0 Å². The van der Waals surface area contributed by atoms with Gasteiger partial charge >= 0.3 is 5.97 Å². The molecule has 31 heavy (non-hydrogen) atoms. The third kappa shape index (κ3) is 5.01. The number of aliphatic carboxylic acids is 1. The van der Waals surface area contributed by atoms with Gasteiger partial charge in [0, 0.05) is 28.3 Å². The minimum atomic E-state index is -1.13. The number of fused-ring (bicyclic) bond motifs is 1. The molecule has 0 amide bonds. The number of halogens is 1. The van der Waals surface area contributed by atoms with Gasteiger partial charge in [0.05, 0.1) is 34.5 Å². The number of rotatable bonds is 8. The quantitative estimate of drug-likeness (QED) is 0.463. The number of benzene rings is 1.